The molecule has 2 heterocycles. The van der Waals surface area contributed by atoms with Crippen molar-refractivity contribution in [3.63, 3.8) is 0 Å². The Morgan fingerprint density at radius 2 is 1.90 bits per heavy atom. The van der Waals surface area contributed by atoms with Gasteiger partial charge in [0.1, 0.15) is 10.7 Å². The predicted molar refractivity (Wildman–Crippen MR) is 119 cm³/mol. The summed E-state index contributed by atoms with van der Waals surface area (Å²) in [5.74, 6) is 0.191. The van der Waals surface area contributed by atoms with Gasteiger partial charge in [-0.2, -0.15) is 4.31 Å². The van der Waals surface area contributed by atoms with Crippen LogP contribution in [-0.2, 0) is 19.6 Å². The number of para-hydroxylation sites is 1. The first-order chi connectivity index (χ1) is 14.8. The molecular formula is C20H26N4O5S2. The Bertz CT molecular complexity index is 1030. The van der Waals surface area contributed by atoms with Crippen molar-refractivity contribution in [1.29, 1.82) is 0 Å². The molecule has 2 aromatic rings. The second-order valence-corrected chi connectivity index (χ2v) is 10.5. The lowest BCUT2D eigenvalue weighted by atomic mass is 10.2. The molecule has 0 aliphatic carbocycles. The molecule has 1 aromatic heterocycles. The molecule has 9 nitrogen and oxygen atoms in total. The maximum absolute atomic E-state index is 13.0. The van der Waals surface area contributed by atoms with E-state index in [1.807, 2.05) is 0 Å². The third kappa shape index (κ3) is 6.08. The molecular weight excluding hydrogens is 440 g/mol. The number of nitrogens with zero attached hydrogens (tertiary/aromatic N) is 2. The second-order valence-electron chi connectivity index (χ2n) is 7.27. The SMILES string of the molecule is Cc1cc(NC(=O)C(C)SCC(=O)Nc2ccccc2S(=O)(=O)N2CCCCC2)no1. The van der Waals surface area contributed by atoms with E-state index in [4.69, 9.17) is 4.52 Å². The van der Waals surface area contributed by atoms with Crippen LogP contribution in [0.2, 0.25) is 0 Å². The van der Waals surface area contributed by atoms with E-state index in [1.165, 1.54) is 10.4 Å². The third-order valence-corrected chi connectivity index (χ3v) is 7.91. The van der Waals surface area contributed by atoms with Crippen LogP contribution in [0.25, 0.3) is 0 Å². The molecule has 0 saturated carbocycles. The number of carbonyl (C=O) groups excluding carboxylic acids is 2. The van der Waals surface area contributed by atoms with Gasteiger partial charge in [-0.15, -0.1) is 11.8 Å². The van der Waals surface area contributed by atoms with E-state index >= 15 is 0 Å². The van der Waals surface area contributed by atoms with Crippen LogP contribution in [0.15, 0.2) is 39.8 Å². The fourth-order valence-electron chi connectivity index (χ4n) is 3.16. The minimum absolute atomic E-state index is 0.00940. The van der Waals surface area contributed by atoms with Crippen molar-refractivity contribution in [1.82, 2.24) is 9.46 Å². The van der Waals surface area contributed by atoms with Gasteiger partial charge in [0.2, 0.25) is 21.8 Å². The first kappa shape index (κ1) is 23.3. The fourth-order valence-corrected chi connectivity index (χ4v) is 5.50. The number of amides is 2. The van der Waals surface area contributed by atoms with Gasteiger partial charge in [0.15, 0.2) is 5.82 Å². The fraction of sp³-hybridized carbons (Fsp3) is 0.450. The van der Waals surface area contributed by atoms with Crippen LogP contribution in [0.3, 0.4) is 0 Å². The van der Waals surface area contributed by atoms with Crippen molar-refractivity contribution >= 4 is 45.1 Å². The van der Waals surface area contributed by atoms with E-state index in [0.717, 1.165) is 31.0 Å². The zero-order valence-corrected chi connectivity index (χ0v) is 19.1. The van der Waals surface area contributed by atoms with Crippen molar-refractivity contribution in [3.8, 4) is 0 Å². The molecule has 3 rings (SSSR count). The Labute approximate surface area is 186 Å². The van der Waals surface area contributed by atoms with Crippen molar-refractivity contribution in [2.75, 3.05) is 29.5 Å². The molecule has 168 valence electrons. The lowest BCUT2D eigenvalue weighted by Crippen LogP contribution is -2.36. The third-order valence-electron chi connectivity index (χ3n) is 4.81. The number of piperidine rings is 1. The van der Waals surface area contributed by atoms with Crippen LogP contribution in [0.4, 0.5) is 11.5 Å². The number of sulfonamides is 1. The molecule has 1 aliphatic heterocycles. The highest BCUT2D eigenvalue weighted by Crippen LogP contribution is 2.27. The molecule has 2 N–H and O–H groups in total. The maximum atomic E-state index is 13.0. The lowest BCUT2D eigenvalue weighted by Gasteiger charge is -2.26. The zero-order chi connectivity index (χ0) is 22.4. The van der Waals surface area contributed by atoms with E-state index in [0.29, 0.717) is 24.7 Å². The maximum Gasteiger partial charge on any atom is 0.245 e. The molecule has 2 amide bonds. The number of carbonyl (C=O) groups is 2. The van der Waals surface area contributed by atoms with E-state index in [9.17, 15) is 18.0 Å². The van der Waals surface area contributed by atoms with Crippen LogP contribution in [0.5, 0.6) is 0 Å². The Hall–Kier alpha value is -2.37. The highest BCUT2D eigenvalue weighted by Gasteiger charge is 2.28. The molecule has 0 bridgehead atoms. The average Bonchev–Trinajstić information content (AvgIpc) is 3.17. The number of rotatable bonds is 8. The zero-order valence-electron chi connectivity index (χ0n) is 17.5. The summed E-state index contributed by atoms with van der Waals surface area (Å²) >= 11 is 1.14. The topological polar surface area (TPSA) is 122 Å². The van der Waals surface area contributed by atoms with Crippen LogP contribution in [-0.4, -0.2) is 53.8 Å². The number of aromatic nitrogens is 1. The van der Waals surface area contributed by atoms with Crippen molar-refractivity contribution < 1.29 is 22.5 Å². The molecule has 11 heteroatoms. The van der Waals surface area contributed by atoms with Gasteiger partial charge in [-0.1, -0.05) is 23.7 Å². The molecule has 1 unspecified atom stereocenters. The summed E-state index contributed by atoms with van der Waals surface area (Å²) in [6.45, 7) is 4.36. The summed E-state index contributed by atoms with van der Waals surface area (Å²) in [5, 5.41) is 8.48. The van der Waals surface area contributed by atoms with Crippen LogP contribution >= 0.6 is 11.8 Å². The van der Waals surface area contributed by atoms with Crippen molar-refractivity contribution in [3.05, 3.63) is 36.1 Å². The molecule has 1 fully saturated rings. The largest absolute Gasteiger partial charge is 0.360 e. The quantitative estimate of drug-likeness (QED) is 0.613. The van der Waals surface area contributed by atoms with Gasteiger partial charge in [0.25, 0.3) is 0 Å². The predicted octanol–water partition coefficient (Wildman–Crippen LogP) is 2.86. The summed E-state index contributed by atoms with van der Waals surface area (Å²) in [6.07, 6.45) is 2.68. The Kier molecular flexibility index (Phi) is 7.74. The number of benzene rings is 1. The minimum Gasteiger partial charge on any atom is -0.360 e. The summed E-state index contributed by atoms with van der Waals surface area (Å²) < 4.78 is 32.4. The average molecular weight is 467 g/mol. The van der Waals surface area contributed by atoms with E-state index in [1.54, 1.807) is 38.1 Å². The summed E-state index contributed by atoms with van der Waals surface area (Å²) in [4.78, 5) is 24.8. The normalized spacial score (nSPS) is 15.9. The van der Waals surface area contributed by atoms with Gasteiger partial charge < -0.3 is 15.2 Å². The van der Waals surface area contributed by atoms with E-state index in [2.05, 4.69) is 15.8 Å². The van der Waals surface area contributed by atoms with Crippen molar-refractivity contribution in [2.45, 2.75) is 43.3 Å². The molecule has 31 heavy (non-hydrogen) atoms. The molecule has 1 atom stereocenters. The number of anilines is 2. The molecule has 1 aliphatic rings. The van der Waals surface area contributed by atoms with Crippen LogP contribution in [0, 0.1) is 6.92 Å². The van der Waals surface area contributed by atoms with Gasteiger partial charge in [0, 0.05) is 19.2 Å². The highest BCUT2D eigenvalue weighted by molar-refractivity contribution is 8.01. The lowest BCUT2D eigenvalue weighted by molar-refractivity contribution is -0.115. The molecule has 1 aromatic carbocycles. The van der Waals surface area contributed by atoms with Crippen LogP contribution < -0.4 is 10.6 Å². The molecule has 1 saturated heterocycles. The second kappa shape index (κ2) is 10.3. The summed E-state index contributed by atoms with van der Waals surface area (Å²) in [5.41, 5.74) is 0.244. The first-order valence-electron chi connectivity index (χ1n) is 10.0. The Balaban J connectivity index is 1.59. The van der Waals surface area contributed by atoms with Crippen molar-refractivity contribution in [2.24, 2.45) is 0 Å². The van der Waals surface area contributed by atoms with E-state index in [-0.39, 0.29) is 28.2 Å². The number of nitrogens with one attached hydrogen (secondary N) is 2. The standard InChI is InChI=1S/C20H26N4O5S2/c1-14-12-18(23-29-14)22-20(26)15(2)30-13-19(25)21-16-8-4-5-9-17(16)31(27,28)24-10-6-3-7-11-24/h4-5,8-9,12,15H,3,6-7,10-11,13H2,1-2H3,(H,21,25)(H,22,23,26). The Morgan fingerprint density at radius 3 is 2.58 bits per heavy atom. The summed E-state index contributed by atoms with van der Waals surface area (Å²) in [6, 6.07) is 7.99. The molecule has 0 spiro atoms. The molecule has 0 radical (unpaired) electrons. The Morgan fingerprint density at radius 1 is 1.19 bits per heavy atom. The number of hydrogen-bond acceptors (Lipinski definition) is 7. The number of hydrogen-bond donors (Lipinski definition) is 2. The first-order valence-corrected chi connectivity index (χ1v) is 12.5. The summed E-state index contributed by atoms with van der Waals surface area (Å²) in [7, 11) is -3.68. The minimum atomic E-state index is -3.68. The smallest absolute Gasteiger partial charge is 0.245 e. The van der Waals surface area contributed by atoms with Crippen LogP contribution in [0.1, 0.15) is 31.9 Å². The highest BCUT2D eigenvalue weighted by atomic mass is 32.2. The van der Waals surface area contributed by atoms with E-state index < -0.39 is 15.3 Å². The van der Waals surface area contributed by atoms with Gasteiger partial charge >= 0.3 is 0 Å². The number of thioether (sulfide) groups is 1. The number of aryl methyl sites for hydroxylation is 1. The van der Waals surface area contributed by atoms with Gasteiger partial charge in [0.05, 0.1) is 16.7 Å². The monoisotopic (exact) mass is 466 g/mol. The van der Waals surface area contributed by atoms with Gasteiger partial charge in [-0.05, 0) is 38.8 Å². The van der Waals surface area contributed by atoms with Gasteiger partial charge in [-0.3, -0.25) is 9.59 Å². The van der Waals surface area contributed by atoms with Gasteiger partial charge in [-0.25, -0.2) is 8.42 Å².